The molecule has 0 aromatic heterocycles. The molecule has 0 bridgehead atoms. The zero-order chi connectivity index (χ0) is 12.0. The van der Waals surface area contributed by atoms with E-state index in [0.29, 0.717) is 0 Å². The summed E-state index contributed by atoms with van der Waals surface area (Å²) in [5.41, 5.74) is 0. The maximum absolute atomic E-state index is 12.1. The van der Waals surface area contributed by atoms with Crippen molar-refractivity contribution in [1.29, 1.82) is 0 Å². The highest BCUT2D eigenvalue weighted by molar-refractivity contribution is 7.91. The smallest absolute Gasteiger partial charge is 0.281 e. The van der Waals surface area contributed by atoms with Crippen molar-refractivity contribution in [3.63, 3.8) is 0 Å². The van der Waals surface area contributed by atoms with Crippen LogP contribution in [0.15, 0.2) is 0 Å². The summed E-state index contributed by atoms with van der Waals surface area (Å²) in [7, 11) is -13.3. The average Bonchev–Trinajstić information content (AvgIpc) is 1.81. The molecule has 0 aromatic carbocycles. The molecule has 0 unspecified atom stereocenters. The number of halogens is 4. The lowest BCUT2D eigenvalue weighted by Crippen LogP contribution is -2.51. The maximum atomic E-state index is 12.1. The topological polar surface area (TPSA) is 109 Å². The van der Waals surface area contributed by atoms with Gasteiger partial charge in [0.05, 0.1) is 0 Å². The molecule has 0 saturated heterocycles. The van der Waals surface area contributed by atoms with Gasteiger partial charge in [0.15, 0.2) is 0 Å². The van der Waals surface area contributed by atoms with Gasteiger partial charge in [0.1, 0.15) is 0 Å². The molecule has 0 fully saturated rings. The third kappa shape index (κ3) is 1.82. The molecule has 14 heavy (non-hydrogen) atoms. The third-order valence-corrected chi connectivity index (χ3v) is 2.92. The summed E-state index contributed by atoms with van der Waals surface area (Å²) < 4.78 is 102. The van der Waals surface area contributed by atoms with E-state index in [1.165, 1.54) is 0 Å². The number of rotatable bonds is 3. The van der Waals surface area contributed by atoms with Crippen LogP contribution >= 0.6 is 0 Å². The quantitative estimate of drug-likeness (QED) is 0.545. The van der Waals surface area contributed by atoms with Crippen molar-refractivity contribution < 1.29 is 43.5 Å². The molecular weight excluding hydrogens is 260 g/mol. The van der Waals surface area contributed by atoms with Crippen LogP contribution < -0.4 is 0 Å². The van der Waals surface area contributed by atoms with Crippen LogP contribution in [0.2, 0.25) is 0 Å². The van der Waals surface area contributed by atoms with Gasteiger partial charge in [-0.2, -0.15) is 34.4 Å². The van der Waals surface area contributed by atoms with Crippen LogP contribution in [0.3, 0.4) is 0 Å². The summed E-state index contributed by atoms with van der Waals surface area (Å²) in [5, 5.41) is -12.7. The highest BCUT2D eigenvalue weighted by Gasteiger charge is 2.73. The van der Waals surface area contributed by atoms with Crippen molar-refractivity contribution in [2.45, 2.75) is 10.5 Å². The second-order valence-electron chi connectivity index (χ2n) is 1.98. The van der Waals surface area contributed by atoms with E-state index >= 15 is 0 Å². The Bertz CT molecular complexity index is 377. The van der Waals surface area contributed by atoms with Crippen LogP contribution in [0.4, 0.5) is 17.6 Å². The molecule has 0 amide bonds. The highest BCUT2D eigenvalue weighted by atomic mass is 32.2. The largest absolute Gasteiger partial charge is 0.449 e. The first-order chi connectivity index (χ1) is 5.75. The van der Waals surface area contributed by atoms with Gasteiger partial charge in [0, 0.05) is 0 Å². The number of hydrogen-bond donors (Lipinski definition) is 2. The monoisotopic (exact) mass is 262 g/mol. The number of alkyl halides is 4. The molecular formula is C2H2F4O6S2. The van der Waals surface area contributed by atoms with E-state index in [-0.39, 0.29) is 0 Å². The Morgan fingerprint density at radius 3 is 0.929 bits per heavy atom. The Kier molecular flexibility index (Phi) is 2.91. The van der Waals surface area contributed by atoms with Crippen LogP contribution in [-0.4, -0.2) is 36.5 Å². The average molecular weight is 262 g/mol. The van der Waals surface area contributed by atoms with E-state index in [2.05, 4.69) is 0 Å². The summed E-state index contributed by atoms with van der Waals surface area (Å²) in [6.45, 7) is 0. The minimum atomic E-state index is -6.67. The van der Waals surface area contributed by atoms with Gasteiger partial charge in [0.25, 0.3) is 0 Å². The van der Waals surface area contributed by atoms with Gasteiger partial charge in [0.2, 0.25) is 0 Å². The Labute approximate surface area is 75.0 Å². The summed E-state index contributed by atoms with van der Waals surface area (Å²) >= 11 is 0. The molecule has 0 rings (SSSR count). The van der Waals surface area contributed by atoms with Crippen molar-refractivity contribution in [1.82, 2.24) is 0 Å². The van der Waals surface area contributed by atoms with Gasteiger partial charge >= 0.3 is 30.7 Å². The molecule has 0 spiro atoms. The molecule has 0 saturated carbocycles. The SMILES string of the molecule is O=S(=O)(O)C(F)(F)C(F)(F)S(=O)(=O)O. The number of hydrogen-bond acceptors (Lipinski definition) is 4. The van der Waals surface area contributed by atoms with Crippen molar-refractivity contribution in [3.8, 4) is 0 Å². The fourth-order valence-electron chi connectivity index (χ4n) is 0.300. The van der Waals surface area contributed by atoms with Crippen LogP contribution in [0.25, 0.3) is 0 Å². The molecule has 0 radical (unpaired) electrons. The molecule has 0 aliphatic carbocycles. The molecule has 0 aliphatic rings. The zero-order valence-electron chi connectivity index (χ0n) is 5.86. The molecule has 0 aliphatic heterocycles. The summed E-state index contributed by atoms with van der Waals surface area (Å²) in [5.74, 6) is 0. The van der Waals surface area contributed by atoms with Gasteiger partial charge in [-0.1, -0.05) is 0 Å². The minimum absolute atomic E-state index is 6.33. The van der Waals surface area contributed by atoms with E-state index in [0.717, 1.165) is 0 Å². The van der Waals surface area contributed by atoms with Crippen LogP contribution in [0.5, 0.6) is 0 Å². The van der Waals surface area contributed by atoms with Crippen LogP contribution in [0, 0.1) is 0 Å². The predicted octanol–water partition coefficient (Wildman–Crippen LogP) is -0.0524. The van der Waals surface area contributed by atoms with Gasteiger partial charge < -0.3 is 0 Å². The first kappa shape index (κ1) is 13.5. The van der Waals surface area contributed by atoms with Crippen LogP contribution in [0.1, 0.15) is 0 Å². The molecule has 2 N–H and O–H groups in total. The predicted molar refractivity (Wildman–Crippen MR) is 33.0 cm³/mol. The summed E-state index contributed by atoms with van der Waals surface area (Å²) in [6, 6.07) is 0. The zero-order valence-corrected chi connectivity index (χ0v) is 7.49. The normalized spacial score (nSPS) is 15.6. The molecule has 86 valence electrons. The first-order valence-electron chi connectivity index (χ1n) is 2.45. The van der Waals surface area contributed by atoms with Crippen molar-refractivity contribution in [2.75, 3.05) is 0 Å². The fourth-order valence-corrected chi connectivity index (χ4v) is 1.53. The van der Waals surface area contributed by atoms with Gasteiger partial charge in [-0.3, -0.25) is 9.11 Å². The fraction of sp³-hybridized carbons (Fsp3) is 1.00. The summed E-state index contributed by atoms with van der Waals surface area (Å²) in [6.07, 6.45) is 0. The van der Waals surface area contributed by atoms with Crippen molar-refractivity contribution in [2.24, 2.45) is 0 Å². The Hall–Kier alpha value is -0.460. The van der Waals surface area contributed by atoms with E-state index < -0.39 is 30.7 Å². The van der Waals surface area contributed by atoms with E-state index in [1.807, 2.05) is 0 Å². The molecule has 6 nitrogen and oxygen atoms in total. The lowest BCUT2D eigenvalue weighted by atomic mass is 10.7. The lowest BCUT2D eigenvalue weighted by molar-refractivity contribution is -0.105. The molecule has 12 heteroatoms. The van der Waals surface area contributed by atoms with Gasteiger partial charge in [-0.05, 0) is 0 Å². The second kappa shape index (κ2) is 3.01. The molecule has 0 atom stereocenters. The summed E-state index contributed by atoms with van der Waals surface area (Å²) in [4.78, 5) is 0. The van der Waals surface area contributed by atoms with Crippen molar-refractivity contribution in [3.05, 3.63) is 0 Å². The Morgan fingerprint density at radius 1 is 0.714 bits per heavy atom. The Morgan fingerprint density at radius 2 is 0.857 bits per heavy atom. The minimum Gasteiger partial charge on any atom is -0.281 e. The third-order valence-electron chi connectivity index (χ3n) is 0.987. The lowest BCUT2D eigenvalue weighted by Gasteiger charge is -2.20. The van der Waals surface area contributed by atoms with E-state index in [9.17, 15) is 34.4 Å². The standard InChI is InChI=1S/C2H2F4O6S2/c3-1(4,13(7,8)9)2(5,6)14(10,11)12/h(H,7,8,9)(H,10,11,12). The maximum Gasteiger partial charge on any atom is 0.449 e. The Balaban J connectivity index is 5.79. The van der Waals surface area contributed by atoms with Crippen LogP contribution in [-0.2, 0) is 20.2 Å². The van der Waals surface area contributed by atoms with E-state index in [1.54, 1.807) is 0 Å². The second-order valence-corrected chi connectivity index (χ2v) is 4.91. The van der Waals surface area contributed by atoms with Crippen molar-refractivity contribution >= 4 is 20.2 Å². The van der Waals surface area contributed by atoms with E-state index in [4.69, 9.17) is 9.11 Å². The molecule has 0 aromatic rings. The van der Waals surface area contributed by atoms with Gasteiger partial charge in [-0.25, -0.2) is 0 Å². The highest BCUT2D eigenvalue weighted by Crippen LogP contribution is 2.41. The molecule has 0 heterocycles. The first-order valence-corrected chi connectivity index (χ1v) is 5.33. The van der Waals surface area contributed by atoms with Gasteiger partial charge in [-0.15, -0.1) is 0 Å².